The average Bonchev–Trinajstić information content (AvgIpc) is 3.41. The van der Waals surface area contributed by atoms with Crippen LogP contribution in [0.1, 0.15) is 17.7 Å². The van der Waals surface area contributed by atoms with Gasteiger partial charge in [-0.05, 0) is 36.2 Å². The monoisotopic (exact) mass is 368 g/mol. The minimum absolute atomic E-state index is 0.501. The molecule has 142 valence electrons. The van der Waals surface area contributed by atoms with Gasteiger partial charge in [0.05, 0.1) is 6.26 Å². The number of aromatic nitrogens is 3. The molecule has 0 radical (unpaired) electrons. The zero-order valence-corrected chi connectivity index (χ0v) is 15.3. The van der Waals surface area contributed by atoms with Crippen LogP contribution in [0.3, 0.4) is 0 Å². The van der Waals surface area contributed by atoms with E-state index in [9.17, 15) is 0 Å². The van der Waals surface area contributed by atoms with E-state index in [4.69, 9.17) is 9.15 Å². The zero-order chi connectivity index (χ0) is 18.7. The number of imidazole rings is 1. The van der Waals surface area contributed by atoms with Gasteiger partial charge >= 0.3 is 0 Å². The van der Waals surface area contributed by atoms with E-state index in [2.05, 4.69) is 25.6 Å². The lowest BCUT2D eigenvalue weighted by atomic mass is 10.2. The third-order valence-corrected chi connectivity index (χ3v) is 3.84. The minimum atomic E-state index is 0.501. The van der Waals surface area contributed by atoms with Crippen molar-refractivity contribution in [2.24, 2.45) is 4.99 Å². The smallest absolute Gasteiger partial charge is 0.191 e. The Hall–Kier alpha value is -3.13. The molecule has 0 fully saturated rings. The van der Waals surface area contributed by atoms with E-state index in [1.807, 2.05) is 35.0 Å². The lowest BCUT2D eigenvalue weighted by molar-refractivity contribution is 0.105. The van der Waals surface area contributed by atoms with Gasteiger partial charge in [-0.1, -0.05) is 0 Å². The van der Waals surface area contributed by atoms with Gasteiger partial charge < -0.3 is 19.8 Å². The molecule has 0 aliphatic rings. The molecule has 2 N–H and O–H groups in total. The van der Waals surface area contributed by atoms with E-state index in [1.165, 1.54) is 0 Å². The normalized spacial score (nSPS) is 11.5. The molecule has 0 saturated carbocycles. The Morgan fingerprint density at radius 1 is 1.30 bits per heavy atom. The van der Waals surface area contributed by atoms with Crippen molar-refractivity contribution in [3.8, 4) is 5.82 Å². The van der Waals surface area contributed by atoms with Crippen molar-refractivity contribution >= 4 is 5.96 Å². The first kappa shape index (κ1) is 18.7. The van der Waals surface area contributed by atoms with Gasteiger partial charge in [0.1, 0.15) is 24.5 Å². The quantitative estimate of drug-likeness (QED) is 0.342. The Morgan fingerprint density at radius 3 is 3.04 bits per heavy atom. The van der Waals surface area contributed by atoms with Gasteiger partial charge in [-0.3, -0.25) is 9.56 Å². The summed E-state index contributed by atoms with van der Waals surface area (Å²) in [5.41, 5.74) is 1.11. The second-order valence-electron chi connectivity index (χ2n) is 5.83. The summed E-state index contributed by atoms with van der Waals surface area (Å²) in [6.07, 6.45) is 9.65. The number of hydrogen-bond acceptors (Lipinski definition) is 5. The number of pyridine rings is 1. The Morgan fingerprint density at radius 2 is 2.26 bits per heavy atom. The molecular formula is C19H24N6O2. The van der Waals surface area contributed by atoms with Gasteiger partial charge in [-0.2, -0.15) is 0 Å². The first-order valence-corrected chi connectivity index (χ1v) is 8.83. The number of furan rings is 1. The lowest BCUT2D eigenvalue weighted by Crippen LogP contribution is -2.37. The van der Waals surface area contributed by atoms with Crippen molar-refractivity contribution in [3.05, 3.63) is 66.8 Å². The molecule has 0 aliphatic carbocycles. The molecule has 0 bridgehead atoms. The van der Waals surface area contributed by atoms with E-state index in [-0.39, 0.29) is 0 Å². The fourth-order valence-corrected chi connectivity index (χ4v) is 2.46. The molecule has 3 aromatic rings. The fourth-order valence-electron chi connectivity index (χ4n) is 2.46. The van der Waals surface area contributed by atoms with Crippen LogP contribution in [0, 0.1) is 0 Å². The Kier molecular flexibility index (Phi) is 7.00. The lowest BCUT2D eigenvalue weighted by Gasteiger charge is -2.12. The third kappa shape index (κ3) is 5.96. The predicted molar refractivity (Wildman–Crippen MR) is 103 cm³/mol. The van der Waals surface area contributed by atoms with E-state index < -0.39 is 0 Å². The Labute approximate surface area is 158 Å². The summed E-state index contributed by atoms with van der Waals surface area (Å²) < 4.78 is 12.7. The van der Waals surface area contributed by atoms with Crippen LogP contribution in [0.5, 0.6) is 0 Å². The maximum Gasteiger partial charge on any atom is 0.191 e. The summed E-state index contributed by atoms with van der Waals surface area (Å²) in [6.45, 7) is 2.58. The summed E-state index contributed by atoms with van der Waals surface area (Å²) in [5.74, 6) is 2.43. The van der Waals surface area contributed by atoms with E-state index in [0.717, 1.165) is 36.1 Å². The molecule has 8 heteroatoms. The highest BCUT2D eigenvalue weighted by Crippen LogP contribution is 2.06. The van der Waals surface area contributed by atoms with E-state index in [1.54, 1.807) is 32.0 Å². The highest BCUT2D eigenvalue weighted by atomic mass is 16.5. The molecule has 0 aromatic carbocycles. The molecule has 0 saturated heterocycles. The molecule has 0 unspecified atom stereocenters. The van der Waals surface area contributed by atoms with Gasteiger partial charge in [-0.15, -0.1) is 0 Å². The number of nitrogens with zero attached hydrogens (tertiary/aromatic N) is 4. The van der Waals surface area contributed by atoms with Crippen molar-refractivity contribution in [3.63, 3.8) is 0 Å². The minimum Gasteiger partial charge on any atom is -0.467 e. The van der Waals surface area contributed by atoms with Crippen LogP contribution in [-0.4, -0.2) is 40.7 Å². The number of hydrogen-bond donors (Lipinski definition) is 2. The highest BCUT2D eigenvalue weighted by molar-refractivity contribution is 5.79. The second kappa shape index (κ2) is 10.1. The third-order valence-electron chi connectivity index (χ3n) is 3.84. The standard InChI is InChI=1S/C19H24N6O2/c1-20-19(23-6-3-10-26-14-17-4-2-11-27-17)24-13-16-5-7-22-18(12-16)25-9-8-21-15-25/h2,4-5,7-9,11-12,15H,3,6,10,13-14H2,1H3,(H2,20,23,24). The molecule has 3 heterocycles. The topological polar surface area (TPSA) is 89.5 Å². The van der Waals surface area contributed by atoms with Crippen LogP contribution >= 0.6 is 0 Å². The van der Waals surface area contributed by atoms with Gasteiger partial charge in [0.2, 0.25) is 0 Å². The zero-order valence-electron chi connectivity index (χ0n) is 15.3. The van der Waals surface area contributed by atoms with E-state index in [0.29, 0.717) is 19.8 Å². The van der Waals surface area contributed by atoms with Crippen molar-refractivity contribution in [1.82, 2.24) is 25.2 Å². The van der Waals surface area contributed by atoms with Crippen LogP contribution in [0.2, 0.25) is 0 Å². The summed E-state index contributed by atoms with van der Waals surface area (Å²) in [7, 11) is 1.76. The van der Waals surface area contributed by atoms with Crippen LogP contribution < -0.4 is 10.6 Å². The molecule has 0 aliphatic heterocycles. The number of nitrogens with one attached hydrogen (secondary N) is 2. The van der Waals surface area contributed by atoms with Gasteiger partial charge in [0.15, 0.2) is 5.96 Å². The van der Waals surface area contributed by atoms with Crippen molar-refractivity contribution in [2.75, 3.05) is 20.2 Å². The van der Waals surface area contributed by atoms with Gasteiger partial charge in [-0.25, -0.2) is 9.97 Å². The largest absolute Gasteiger partial charge is 0.467 e. The Bertz CT molecular complexity index is 815. The summed E-state index contributed by atoms with van der Waals surface area (Å²) in [4.78, 5) is 12.6. The molecule has 3 aromatic heterocycles. The number of rotatable bonds is 9. The van der Waals surface area contributed by atoms with Crippen LogP contribution in [0.15, 0.2) is 64.9 Å². The van der Waals surface area contributed by atoms with Crippen molar-refractivity contribution in [2.45, 2.75) is 19.6 Å². The van der Waals surface area contributed by atoms with Crippen LogP contribution in [0.25, 0.3) is 5.82 Å². The first-order chi connectivity index (χ1) is 13.3. The van der Waals surface area contributed by atoms with Crippen molar-refractivity contribution in [1.29, 1.82) is 0 Å². The molecule has 8 nitrogen and oxygen atoms in total. The summed E-state index contributed by atoms with van der Waals surface area (Å²) in [6, 6.07) is 7.76. The number of guanidine groups is 1. The second-order valence-corrected chi connectivity index (χ2v) is 5.83. The van der Waals surface area contributed by atoms with E-state index >= 15 is 0 Å². The summed E-state index contributed by atoms with van der Waals surface area (Å²) >= 11 is 0. The molecular weight excluding hydrogens is 344 g/mol. The maximum atomic E-state index is 5.56. The highest BCUT2D eigenvalue weighted by Gasteiger charge is 2.02. The fraction of sp³-hybridized carbons (Fsp3) is 0.316. The SMILES string of the molecule is CN=C(NCCCOCc1ccco1)NCc1ccnc(-n2ccnc2)c1. The molecule has 0 amide bonds. The van der Waals surface area contributed by atoms with Crippen molar-refractivity contribution < 1.29 is 9.15 Å². The van der Waals surface area contributed by atoms with Crippen LogP contribution in [0.4, 0.5) is 0 Å². The molecule has 0 atom stereocenters. The number of aliphatic imine (C=N–C) groups is 1. The molecule has 3 rings (SSSR count). The predicted octanol–water partition coefficient (Wildman–Crippen LogP) is 2.13. The Balaban J connectivity index is 1.36. The van der Waals surface area contributed by atoms with Gasteiger partial charge in [0, 0.05) is 45.3 Å². The first-order valence-electron chi connectivity index (χ1n) is 8.83. The number of ether oxygens (including phenoxy) is 1. The average molecular weight is 368 g/mol. The summed E-state index contributed by atoms with van der Waals surface area (Å²) in [5, 5.41) is 6.58. The maximum absolute atomic E-state index is 5.56. The molecule has 0 spiro atoms. The molecule has 27 heavy (non-hydrogen) atoms. The van der Waals surface area contributed by atoms with Crippen LogP contribution in [-0.2, 0) is 17.9 Å². The van der Waals surface area contributed by atoms with Gasteiger partial charge in [0.25, 0.3) is 0 Å².